The molecule has 1 aromatic heterocycles. The monoisotopic (exact) mass is 568 g/mol. The standard InChI is InChI=1S/C28H28N2O9S/c1-7-39-27(34)21-14(2)29-28-30(23(21)17-10-9-16(35-3)13-19(17)37-5)25(31)20(40-28)12-15-8-11-18(36-4)24(38-6)22(15)26(32)33/h8-13,23H,7H2,1-6H3,(H,32,33)/b20-12-/t23-/m0/s1. The van der Waals surface area contributed by atoms with Crippen molar-refractivity contribution >= 4 is 29.4 Å². The molecule has 1 aliphatic heterocycles. The lowest BCUT2D eigenvalue weighted by Crippen LogP contribution is -2.40. The topological polar surface area (TPSA) is 135 Å². The molecule has 1 atom stereocenters. The molecule has 40 heavy (non-hydrogen) atoms. The van der Waals surface area contributed by atoms with Gasteiger partial charge < -0.3 is 28.8 Å². The van der Waals surface area contributed by atoms with Crippen molar-refractivity contribution in [3.63, 3.8) is 0 Å². The molecule has 0 saturated carbocycles. The number of hydrogen-bond acceptors (Lipinski definition) is 10. The van der Waals surface area contributed by atoms with E-state index in [1.54, 1.807) is 38.1 Å². The Labute approximate surface area is 233 Å². The van der Waals surface area contributed by atoms with Crippen LogP contribution in [0.1, 0.15) is 41.4 Å². The summed E-state index contributed by atoms with van der Waals surface area (Å²) in [6.45, 7) is 3.49. The normalized spacial score (nSPS) is 14.8. The van der Waals surface area contributed by atoms with E-state index < -0.39 is 23.5 Å². The summed E-state index contributed by atoms with van der Waals surface area (Å²) in [5.41, 5.74) is 0.672. The third kappa shape index (κ3) is 4.93. The maximum absolute atomic E-state index is 14.0. The number of carbonyl (C=O) groups excluding carboxylic acids is 1. The molecule has 0 radical (unpaired) electrons. The maximum atomic E-state index is 14.0. The highest BCUT2D eigenvalue weighted by atomic mass is 32.1. The van der Waals surface area contributed by atoms with Gasteiger partial charge in [0, 0.05) is 11.6 Å². The van der Waals surface area contributed by atoms with Crippen LogP contribution in [0, 0.1) is 0 Å². The molecule has 11 nitrogen and oxygen atoms in total. The number of ether oxygens (including phenoxy) is 5. The number of aromatic carboxylic acids is 1. The van der Waals surface area contributed by atoms with Gasteiger partial charge in [-0.1, -0.05) is 17.4 Å². The first-order valence-electron chi connectivity index (χ1n) is 12.1. The quantitative estimate of drug-likeness (QED) is 0.386. The number of esters is 1. The zero-order chi connectivity index (χ0) is 29.1. The minimum absolute atomic E-state index is 0.0258. The van der Waals surface area contributed by atoms with Crippen LogP contribution in [0.5, 0.6) is 23.0 Å². The van der Waals surface area contributed by atoms with Crippen molar-refractivity contribution in [2.24, 2.45) is 4.99 Å². The molecule has 0 saturated heterocycles. The molecule has 0 amide bonds. The van der Waals surface area contributed by atoms with E-state index in [1.165, 1.54) is 45.1 Å². The van der Waals surface area contributed by atoms with Gasteiger partial charge in [0.25, 0.3) is 5.56 Å². The van der Waals surface area contributed by atoms with Crippen LogP contribution in [0.2, 0.25) is 0 Å². The van der Waals surface area contributed by atoms with Crippen molar-refractivity contribution < 1.29 is 38.4 Å². The van der Waals surface area contributed by atoms with Crippen molar-refractivity contribution in [2.45, 2.75) is 19.9 Å². The molecule has 1 N–H and O–H groups in total. The van der Waals surface area contributed by atoms with E-state index in [9.17, 15) is 19.5 Å². The van der Waals surface area contributed by atoms with E-state index in [4.69, 9.17) is 23.7 Å². The largest absolute Gasteiger partial charge is 0.497 e. The zero-order valence-corrected chi connectivity index (χ0v) is 23.6. The number of methoxy groups -OCH3 is 4. The molecule has 210 valence electrons. The van der Waals surface area contributed by atoms with Crippen LogP contribution in [0.15, 0.2) is 51.4 Å². The van der Waals surface area contributed by atoms with Crippen molar-refractivity contribution in [2.75, 3.05) is 35.0 Å². The van der Waals surface area contributed by atoms with Gasteiger partial charge in [-0.25, -0.2) is 14.6 Å². The smallest absolute Gasteiger partial charge is 0.340 e. The van der Waals surface area contributed by atoms with Crippen molar-refractivity contribution in [3.8, 4) is 23.0 Å². The van der Waals surface area contributed by atoms with Gasteiger partial charge in [-0.2, -0.15) is 0 Å². The maximum Gasteiger partial charge on any atom is 0.340 e. The van der Waals surface area contributed by atoms with E-state index in [2.05, 4.69) is 4.99 Å². The van der Waals surface area contributed by atoms with Gasteiger partial charge in [0.1, 0.15) is 23.1 Å². The third-order valence-electron chi connectivity index (χ3n) is 6.33. The zero-order valence-electron chi connectivity index (χ0n) is 22.8. The number of carbonyl (C=O) groups is 2. The molecule has 0 bridgehead atoms. The Hall–Kier alpha value is -4.58. The molecule has 12 heteroatoms. The molecule has 0 spiro atoms. The SMILES string of the molecule is CCOC(=O)C1=C(C)N=c2s/c(=C\c3ccc(OC)c(OC)c3C(=O)O)c(=O)n2[C@H]1c1ccc(OC)cc1OC. The second-order valence-electron chi connectivity index (χ2n) is 8.48. The Morgan fingerprint density at radius 2 is 1.77 bits per heavy atom. The number of benzene rings is 2. The first-order chi connectivity index (χ1) is 19.2. The Balaban J connectivity index is 2.03. The molecule has 0 fully saturated rings. The van der Waals surface area contributed by atoms with Crippen LogP contribution < -0.4 is 33.8 Å². The van der Waals surface area contributed by atoms with E-state index in [0.717, 1.165) is 11.3 Å². The van der Waals surface area contributed by atoms with Crippen LogP contribution in [-0.4, -0.2) is 56.7 Å². The summed E-state index contributed by atoms with van der Waals surface area (Å²) in [5, 5.41) is 9.94. The van der Waals surface area contributed by atoms with E-state index in [0.29, 0.717) is 27.6 Å². The van der Waals surface area contributed by atoms with Crippen molar-refractivity contribution in [1.29, 1.82) is 0 Å². The average molecular weight is 569 g/mol. The molecule has 1 aliphatic rings. The Morgan fingerprint density at radius 1 is 1.05 bits per heavy atom. The molecular formula is C28H28N2O9S. The predicted octanol–water partition coefficient (Wildman–Crippen LogP) is 2.53. The highest BCUT2D eigenvalue weighted by Gasteiger charge is 2.35. The van der Waals surface area contributed by atoms with Gasteiger partial charge in [0.05, 0.1) is 50.8 Å². The summed E-state index contributed by atoms with van der Waals surface area (Å²) in [4.78, 5) is 44.2. The number of thiazole rings is 1. The van der Waals surface area contributed by atoms with Gasteiger partial charge in [0.2, 0.25) is 0 Å². The molecular weight excluding hydrogens is 540 g/mol. The van der Waals surface area contributed by atoms with Crippen molar-refractivity contribution in [1.82, 2.24) is 4.57 Å². The number of fused-ring (bicyclic) bond motifs is 1. The second kappa shape index (κ2) is 11.7. The number of nitrogens with zero attached hydrogens (tertiary/aromatic N) is 2. The van der Waals surface area contributed by atoms with E-state index in [1.807, 2.05) is 0 Å². The van der Waals surface area contributed by atoms with Gasteiger partial charge in [-0.15, -0.1) is 0 Å². The summed E-state index contributed by atoms with van der Waals surface area (Å²) in [6, 6.07) is 7.24. The number of allylic oxidation sites excluding steroid dienone is 1. The lowest BCUT2D eigenvalue weighted by molar-refractivity contribution is -0.139. The van der Waals surface area contributed by atoms with E-state index in [-0.39, 0.29) is 39.3 Å². The third-order valence-corrected chi connectivity index (χ3v) is 7.31. The summed E-state index contributed by atoms with van der Waals surface area (Å²) >= 11 is 1.06. The minimum atomic E-state index is -1.25. The van der Waals surface area contributed by atoms with Gasteiger partial charge >= 0.3 is 11.9 Å². The molecule has 0 aliphatic carbocycles. The fourth-order valence-electron chi connectivity index (χ4n) is 4.55. The molecule has 0 unspecified atom stereocenters. The Bertz CT molecular complexity index is 1700. The van der Waals surface area contributed by atoms with Crippen LogP contribution in [-0.2, 0) is 9.53 Å². The van der Waals surface area contributed by atoms with Crippen LogP contribution in [0.4, 0.5) is 0 Å². The Kier molecular flexibility index (Phi) is 8.29. The summed E-state index contributed by atoms with van der Waals surface area (Å²) in [7, 11) is 5.74. The summed E-state index contributed by atoms with van der Waals surface area (Å²) < 4.78 is 28.4. The average Bonchev–Trinajstić information content (AvgIpc) is 3.25. The number of carboxylic acid groups (broad SMARTS) is 1. The Morgan fingerprint density at radius 3 is 2.38 bits per heavy atom. The molecule has 4 rings (SSSR count). The summed E-state index contributed by atoms with van der Waals surface area (Å²) in [5.74, 6) is -0.688. The van der Waals surface area contributed by atoms with Gasteiger partial charge in [0.15, 0.2) is 16.3 Å². The lowest BCUT2D eigenvalue weighted by Gasteiger charge is -2.26. The number of aromatic nitrogens is 1. The first kappa shape index (κ1) is 28.4. The molecule has 3 aromatic rings. The van der Waals surface area contributed by atoms with Gasteiger partial charge in [-0.05, 0) is 43.7 Å². The fraction of sp³-hybridized carbons (Fsp3) is 0.286. The van der Waals surface area contributed by atoms with Gasteiger partial charge in [-0.3, -0.25) is 9.36 Å². The first-order valence-corrected chi connectivity index (χ1v) is 12.9. The van der Waals surface area contributed by atoms with Crippen molar-refractivity contribution in [3.05, 3.63) is 78.0 Å². The minimum Gasteiger partial charge on any atom is -0.497 e. The number of rotatable bonds is 9. The summed E-state index contributed by atoms with van der Waals surface area (Å²) in [6.07, 6.45) is 1.46. The predicted molar refractivity (Wildman–Crippen MR) is 146 cm³/mol. The van der Waals surface area contributed by atoms with Crippen LogP contribution in [0.3, 0.4) is 0 Å². The number of hydrogen-bond donors (Lipinski definition) is 1. The lowest BCUT2D eigenvalue weighted by atomic mass is 9.95. The number of carboxylic acids is 1. The second-order valence-corrected chi connectivity index (χ2v) is 9.49. The highest BCUT2D eigenvalue weighted by Crippen LogP contribution is 2.38. The fourth-order valence-corrected chi connectivity index (χ4v) is 5.59. The van der Waals surface area contributed by atoms with Crippen LogP contribution in [0.25, 0.3) is 6.08 Å². The molecule has 2 aromatic carbocycles. The van der Waals surface area contributed by atoms with Crippen LogP contribution >= 0.6 is 11.3 Å². The highest BCUT2D eigenvalue weighted by molar-refractivity contribution is 7.07. The van der Waals surface area contributed by atoms with E-state index >= 15 is 0 Å². The molecule has 2 heterocycles.